The van der Waals surface area contributed by atoms with Crippen molar-refractivity contribution >= 4 is 18.2 Å². The molecule has 2 aliphatic heterocycles. The molecule has 4 rings (SSSR count). The molecule has 12 heteroatoms. The standard InChI is InChI=1S/C30H42N4O8/c1-6-7-16-39-28(36)34-18-24(40-29(37)42-30(2,3)4)27(23(34)17-21-8-10-22(38-5)11-9-21)41-26(35)20-32-14-15-33-13-12-31-25(33)19-32/h8-13,23-24,27H,6-7,14-20H2,1-5H3/t23-,24+,27+/m1/s1. The summed E-state index contributed by atoms with van der Waals surface area (Å²) >= 11 is 0. The highest BCUT2D eigenvalue weighted by Crippen LogP contribution is 2.30. The van der Waals surface area contributed by atoms with Crippen LogP contribution in [-0.4, -0.2) is 94.8 Å². The maximum absolute atomic E-state index is 13.3. The van der Waals surface area contributed by atoms with E-state index >= 15 is 0 Å². The quantitative estimate of drug-likeness (QED) is 0.231. The zero-order valence-electron chi connectivity index (χ0n) is 25.1. The summed E-state index contributed by atoms with van der Waals surface area (Å²) in [4.78, 5) is 47.1. The maximum atomic E-state index is 13.3. The Kier molecular flexibility index (Phi) is 10.3. The highest BCUT2D eigenvalue weighted by Gasteiger charge is 2.49. The SMILES string of the molecule is CCCCOC(=O)N1C[C@H](OC(=O)OC(C)(C)C)[C@@H](OC(=O)CN2CCn3ccnc3C2)[C@H]1Cc1ccc(OC)cc1. The Morgan fingerprint density at radius 3 is 2.52 bits per heavy atom. The summed E-state index contributed by atoms with van der Waals surface area (Å²) in [7, 11) is 1.59. The van der Waals surface area contributed by atoms with Crippen molar-refractivity contribution < 1.29 is 38.1 Å². The molecule has 2 aliphatic rings. The predicted octanol–water partition coefficient (Wildman–Crippen LogP) is 3.80. The first-order valence-corrected chi connectivity index (χ1v) is 14.4. The summed E-state index contributed by atoms with van der Waals surface area (Å²) in [5, 5.41) is 0. The number of fused-ring (bicyclic) bond motifs is 1. The van der Waals surface area contributed by atoms with E-state index in [0.29, 0.717) is 38.2 Å². The van der Waals surface area contributed by atoms with Crippen molar-refractivity contribution in [3.05, 3.63) is 48.0 Å². The molecule has 3 atom stereocenters. The lowest BCUT2D eigenvalue weighted by Gasteiger charge is -2.30. The van der Waals surface area contributed by atoms with E-state index in [1.165, 1.54) is 4.90 Å². The second-order valence-corrected chi connectivity index (χ2v) is 11.6. The van der Waals surface area contributed by atoms with Crippen molar-refractivity contribution in [2.45, 2.75) is 83.9 Å². The van der Waals surface area contributed by atoms with E-state index in [-0.39, 0.29) is 19.7 Å². The van der Waals surface area contributed by atoms with E-state index in [0.717, 1.165) is 17.8 Å². The third-order valence-corrected chi connectivity index (χ3v) is 7.17. The van der Waals surface area contributed by atoms with Gasteiger partial charge in [-0.15, -0.1) is 0 Å². The van der Waals surface area contributed by atoms with Gasteiger partial charge in [-0.25, -0.2) is 14.6 Å². The normalized spacial score (nSPS) is 20.5. The van der Waals surface area contributed by atoms with E-state index in [9.17, 15) is 14.4 Å². The van der Waals surface area contributed by atoms with Gasteiger partial charge in [-0.3, -0.25) is 14.6 Å². The number of rotatable bonds is 10. The molecule has 1 aromatic carbocycles. The number of aromatic nitrogens is 2. The molecule has 1 amide bonds. The maximum Gasteiger partial charge on any atom is 0.509 e. The predicted molar refractivity (Wildman–Crippen MR) is 152 cm³/mol. The van der Waals surface area contributed by atoms with Crippen LogP contribution < -0.4 is 4.74 Å². The molecule has 230 valence electrons. The minimum absolute atomic E-state index is 0.00980. The molecule has 12 nitrogen and oxygen atoms in total. The number of hydrogen-bond donors (Lipinski definition) is 0. The number of methoxy groups -OCH3 is 1. The Bertz CT molecular complexity index is 1210. The Balaban J connectivity index is 1.56. The molecule has 0 N–H and O–H groups in total. The van der Waals surface area contributed by atoms with Gasteiger partial charge < -0.3 is 28.3 Å². The average Bonchev–Trinajstić information content (AvgIpc) is 3.53. The fourth-order valence-corrected chi connectivity index (χ4v) is 5.07. The van der Waals surface area contributed by atoms with Gasteiger partial charge in [0.05, 0.1) is 39.4 Å². The van der Waals surface area contributed by atoms with Gasteiger partial charge in [-0.2, -0.15) is 0 Å². The van der Waals surface area contributed by atoms with Crippen LogP contribution in [0.2, 0.25) is 0 Å². The molecular weight excluding hydrogens is 544 g/mol. The largest absolute Gasteiger partial charge is 0.509 e. The minimum atomic E-state index is -0.953. The van der Waals surface area contributed by atoms with Crippen LogP contribution in [0.3, 0.4) is 0 Å². The molecule has 0 saturated carbocycles. The Labute approximate surface area is 246 Å². The van der Waals surface area contributed by atoms with Crippen LogP contribution in [0.4, 0.5) is 9.59 Å². The second-order valence-electron chi connectivity index (χ2n) is 11.6. The number of amides is 1. The van der Waals surface area contributed by atoms with Crippen molar-refractivity contribution in [3.8, 4) is 5.75 Å². The second kappa shape index (κ2) is 13.9. The van der Waals surface area contributed by atoms with Crippen molar-refractivity contribution in [1.82, 2.24) is 19.4 Å². The number of hydrogen-bond acceptors (Lipinski definition) is 10. The summed E-state index contributed by atoms with van der Waals surface area (Å²) in [6.45, 7) is 9.36. The summed E-state index contributed by atoms with van der Waals surface area (Å²) in [6, 6.07) is 6.77. The minimum Gasteiger partial charge on any atom is -0.497 e. The lowest BCUT2D eigenvalue weighted by Crippen LogP contribution is -2.46. The molecule has 1 saturated heterocycles. The Morgan fingerprint density at radius 2 is 1.83 bits per heavy atom. The number of benzene rings is 1. The van der Waals surface area contributed by atoms with E-state index in [2.05, 4.69) is 9.55 Å². The first-order chi connectivity index (χ1) is 20.1. The highest BCUT2D eigenvalue weighted by molar-refractivity contribution is 5.73. The monoisotopic (exact) mass is 586 g/mol. The Hall–Kier alpha value is -3.80. The average molecular weight is 587 g/mol. The van der Waals surface area contributed by atoms with Crippen molar-refractivity contribution in [2.24, 2.45) is 0 Å². The highest BCUT2D eigenvalue weighted by atomic mass is 16.7. The van der Waals surface area contributed by atoms with Crippen LogP contribution in [0.5, 0.6) is 5.75 Å². The molecule has 0 unspecified atom stereocenters. The van der Waals surface area contributed by atoms with Crippen molar-refractivity contribution in [3.63, 3.8) is 0 Å². The van der Waals surface area contributed by atoms with Gasteiger partial charge in [-0.1, -0.05) is 25.5 Å². The number of likely N-dealkylation sites (tertiary alicyclic amines) is 1. The van der Waals surface area contributed by atoms with E-state index < -0.39 is 42.1 Å². The number of nitrogens with zero attached hydrogens (tertiary/aromatic N) is 4. The van der Waals surface area contributed by atoms with Crippen LogP contribution in [0.25, 0.3) is 0 Å². The number of unbranched alkanes of at least 4 members (excludes halogenated alkanes) is 1. The first kappa shape index (κ1) is 31.1. The van der Waals surface area contributed by atoms with Crippen LogP contribution in [0.1, 0.15) is 51.9 Å². The van der Waals surface area contributed by atoms with Gasteiger partial charge in [-0.05, 0) is 51.3 Å². The third kappa shape index (κ3) is 8.37. The van der Waals surface area contributed by atoms with Gasteiger partial charge in [0, 0.05) is 25.5 Å². The zero-order chi connectivity index (χ0) is 30.3. The lowest BCUT2D eigenvalue weighted by molar-refractivity contribution is -0.157. The number of carbonyl (C=O) groups excluding carboxylic acids is 3. The number of ether oxygens (including phenoxy) is 5. The smallest absolute Gasteiger partial charge is 0.497 e. The summed E-state index contributed by atoms with van der Waals surface area (Å²) in [5.74, 6) is 1.08. The third-order valence-electron chi connectivity index (χ3n) is 7.17. The number of esters is 1. The Morgan fingerprint density at radius 1 is 1.07 bits per heavy atom. The van der Waals surface area contributed by atoms with Crippen molar-refractivity contribution in [2.75, 3.05) is 33.4 Å². The van der Waals surface area contributed by atoms with E-state index in [4.69, 9.17) is 23.7 Å². The van der Waals surface area contributed by atoms with Crippen LogP contribution in [0, 0.1) is 0 Å². The van der Waals surface area contributed by atoms with Crippen LogP contribution in [0.15, 0.2) is 36.7 Å². The topological polar surface area (TPSA) is 122 Å². The van der Waals surface area contributed by atoms with E-state index in [1.54, 1.807) is 34.1 Å². The van der Waals surface area contributed by atoms with Gasteiger partial charge >= 0.3 is 18.2 Å². The fraction of sp³-hybridized carbons (Fsp3) is 0.600. The van der Waals surface area contributed by atoms with Gasteiger partial charge in [0.1, 0.15) is 17.2 Å². The zero-order valence-corrected chi connectivity index (χ0v) is 25.1. The van der Waals surface area contributed by atoms with Crippen LogP contribution in [-0.2, 0) is 43.3 Å². The summed E-state index contributed by atoms with van der Waals surface area (Å²) in [6.07, 6.45) is 2.22. The number of imidazole rings is 1. The fourth-order valence-electron chi connectivity index (χ4n) is 5.07. The van der Waals surface area contributed by atoms with Gasteiger partial charge in [0.2, 0.25) is 0 Å². The van der Waals surface area contributed by atoms with Gasteiger partial charge in [0.15, 0.2) is 12.2 Å². The molecule has 42 heavy (non-hydrogen) atoms. The number of carbonyl (C=O) groups is 3. The molecular formula is C30H42N4O8. The molecule has 1 aromatic heterocycles. The molecule has 0 radical (unpaired) electrons. The van der Waals surface area contributed by atoms with Crippen LogP contribution >= 0.6 is 0 Å². The molecule has 2 aromatic rings. The summed E-state index contributed by atoms with van der Waals surface area (Å²) in [5.41, 5.74) is 0.0947. The lowest BCUT2D eigenvalue weighted by atomic mass is 10.0. The van der Waals surface area contributed by atoms with Crippen molar-refractivity contribution in [1.29, 1.82) is 0 Å². The summed E-state index contributed by atoms with van der Waals surface area (Å²) < 4.78 is 30.0. The molecule has 0 spiro atoms. The molecule has 3 heterocycles. The molecule has 1 fully saturated rings. The van der Waals surface area contributed by atoms with E-state index in [1.807, 2.05) is 42.3 Å². The van der Waals surface area contributed by atoms with Gasteiger partial charge in [0.25, 0.3) is 0 Å². The molecule has 0 bridgehead atoms. The molecule has 0 aliphatic carbocycles. The first-order valence-electron chi connectivity index (χ1n) is 14.4.